The van der Waals surface area contributed by atoms with Gasteiger partial charge in [0.15, 0.2) is 5.52 Å². The highest BCUT2D eigenvalue weighted by atomic mass is 79.9. The van der Waals surface area contributed by atoms with Crippen LogP contribution in [0.25, 0.3) is 22.4 Å². The number of fused-ring (bicyclic) bond motifs is 1. The number of H-pyrrole nitrogens is 1. The first kappa shape index (κ1) is 18.2. The highest BCUT2D eigenvalue weighted by Gasteiger charge is 2.23. The highest BCUT2D eigenvalue weighted by molar-refractivity contribution is 9.10. The van der Waals surface area contributed by atoms with E-state index in [1.807, 2.05) is 36.7 Å². The summed E-state index contributed by atoms with van der Waals surface area (Å²) in [7, 11) is 0. The Kier molecular flexibility index (Phi) is 5.04. The Morgan fingerprint density at radius 3 is 2.81 bits per heavy atom. The number of nitrogens with one attached hydrogen (secondary N) is 1. The highest BCUT2D eigenvalue weighted by Crippen LogP contribution is 2.33. The van der Waals surface area contributed by atoms with Crippen molar-refractivity contribution in [3.63, 3.8) is 0 Å². The van der Waals surface area contributed by atoms with Gasteiger partial charge >= 0.3 is 0 Å². The molecule has 1 saturated carbocycles. The third-order valence-electron chi connectivity index (χ3n) is 5.14. The van der Waals surface area contributed by atoms with Crippen LogP contribution < -0.4 is 10.3 Å². The lowest BCUT2D eigenvalue weighted by Crippen LogP contribution is -2.19. The predicted octanol–water partition coefficient (Wildman–Crippen LogP) is 4.76. The molecule has 7 heteroatoms. The molecule has 0 radical (unpaired) electrons. The molecular formula is C20H23BrN4O2. The minimum absolute atomic E-state index is 0.147. The van der Waals surface area contributed by atoms with E-state index in [0.717, 1.165) is 28.6 Å². The lowest BCUT2D eigenvalue weighted by molar-refractivity contribution is 0.336. The molecule has 27 heavy (non-hydrogen) atoms. The Labute approximate surface area is 166 Å². The molecule has 1 aliphatic carbocycles. The number of aryl methyl sites for hydroxylation is 1. The first-order valence-corrected chi connectivity index (χ1v) is 10.3. The standard InChI is InChI=1S/C20H23BrN4O2/c1-3-27-16-11-13(21)9-10-15(16)19-22-17-12(2)24-25(18(17)20(26)23-19)14-7-5-4-6-8-14/h9-11,14H,3-8H2,1-2H3,(H,22,23,26). The van der Waals surface area contributed by atoms with Crippen molar-refractivity contribution in [2.45, 2.75) is 52.0 Å². The Morgan fingerprint density at radius 2 is 2.07 bits per heavy atom. The maximum absolute atomic E-state index is 13.0. The van der Waals surface area contributed by atoms with Crippen LogP contribution in [0, 0.1) is 6.92 Å². The average Bonchev–Trinajstić information content (AvgIpc) is 3.00. The summed E-state index contributed by atoms with van der Waals surface area (Å²) in [6, 6.07) is 6.00. The molecule has 0 saturated heterocycles. The van der Waals surface area contributed by atoms with Crippen molar-refractivity contribution in [2.24, 2.45) is 0 Å². The number of benzene rings is 1. The smallest absolute Gasteiger partial charge is 0.277 e. The van der Waals surface area contributed by atoms with Gasteiger partial charge in [0.2, 0.25) is 0 Å². The summed E-state index contributed by atoms with van der Waals surface area (Å²) in [5, 5.41) is 4.68. The van der Waals surface area contributed by atoms with Crippen LogP contribution in [-0.2, 0) is 0 Å². The Balaban J connectivity index is 1.86. The zero-order valence-electron chi connectivity index (χ0n) is 15.6. The first-order valence-electron chi connectivity index (χ1n) is 9.50. The molecule has 0 unspecified atom stereocenters. The van der Waals surface area contributed by atoms with E-state index in [-0.39, 0.29) is 11.6 Å². The minimum Gasteiger partial charge on any atom is -0.493 e. The molecule has 1 aliphatic rings. The molecule has 142 valence electrons. The fourth-order valence-electron chi connectivity index (χ4n) is 3.87. The van der Waals surface area contributed by atoms with Crippen LogP contribution in [0.3, 0.4) is 0 Å². The quantitative estimate of drug-likeness (QED) is 0.647. The lowest BCUT2D eigenvalue weighted by Gasteiger charge is -2.22. The second kappa shape index (κ2) is 7.46. The molecule has 1 N–H and O–H groups in total. The van der Waals surface area contributed by atoms with E-state index in [1.165, 1.54) is 19.3 Å². The molecule has 3 aromatic rings. The molecule has 2 aromatic heterocycles. The number of hydrogen-bond donors (Lipinski definition) is 1. The number of halogens is 1. The monoisotopic (exact) mass is 430 g/mol. The molecule has 2 heterocycles. The summed E-state index contributed by atoms with van der Waals surface area (Å²) in [5.41, 5.74) is 2.66. The van der Waals surface area contributed by atoms with Gasteiger partial charge in [-0.15, -0.1) is 0 Å². The molecule has 1 aromatic carbocycles. The lowest BCUT2D eigenvalue weighted by atomic mass is 9.95. The Bertz CT molecular complexity index is 1030. The van der Waals surface area contributed by atoms with E-state index >= 15 is 0 Å². The number of hydrogen-bond acceptors (Lipinski definition) is 4. The maximum Gasteiger partial charge on any atom is 0.277 e. The summed E-state index contributed by atoms with van der Waals surface area (Å²) in [5.74, 6) is 1.20. The van der Waals surface area contributed by atoms with Crippen LogP contribution in [0.5, 0.6) is 5.75 Å². The van der Waals surface area contributed by atoms with Gasteiger partial charge < -0.3 is 9.72 Å². The third kappa shape index (κ3) is 3.40. The molecule has 0 spiro atoms. The van der Waals surface area contributed by atoms with E-state index < -0.39 is 0 Å². The fourth-order valence-corrected chi connectivity index (χ4v) is 4.21. The third-order valence-corrected chi connectivity index (χ3v) is 5.64. The van der Waals surface area contributed by atoms with Crippen molar-refractivity contribution in [2.75, 3.05) is 6.61 Å². The number of aromatic amines is 1. The Hall–Kier alpha value is -2.15. The number of ether oxygens (including phenoxy) is 1. The minimum atomic E-state index is -0.147. The predicted molar refractivity (Wildman–Crippen MR) is 109 cm³/mol. The molecule has 6 nitrogen and oxygen atoms in total. The number of nitrogens with zero attached hydrogens (tertiary/aromatic N) is 3. The van der Waals surface area contributed by atoms with Gasteiger partial charge in [0.1, 0.15) is 17.1 Å². The van der Waals surface area contributed by atoms with Crippen molar-refractivity contribution in [1.82, 2.24) is 19.7 Å². The van der Waals surface area contributed by atoms with Crippen molar-refractivity contribution in [1.29, 1.82) is 0 Å². The van der Waals surface area contributed by atoms with Gasteiger partial charge in [0, 0.05) is 4.47 Å². The second-order valence-corrected chi connectivity index (χ2v) is 7.92. The largest absolute Gasteiger partial charge is 0.493 e. The molecular weight excluding hydrogens is 408 g/mol. The summed E-state index contributed by atoms with van der Waals surface area (Å²) < 4.78 is 8.57. The molecule has 4 rings (SSSR count). The maximum atomic E-state index is 13.0. The van der Waals surface area contributed by atoms with Crippen LogP contribution in [0.15, 0.2) is 27.5 Å². The molecule has 0 amide bonds. The summed E-state index contributed by atoms with van der Waals surface area (Å²) in [4.78, 5) is 20.7. The van der Waals surface area contributed by atoms with E-state index in [2.05, 4.69) is 26.0 Å². The van der Waals surface area contributed by atoms with Crippen LogP contribution in [0.2, 0.25) is 0 Å². The van der Waals surface area contributed by atoms with Crippen LogP contribution in [0.4, 0.5) is 0 Å². The van der Waals surface area contributed by atoms with Gasteiger partial charge in [-0.2, -0.15) is 5.10 Å². The van der Waals surface area contributed by atoms with Gasteiger partial charge in [0.25, 0.3) is 5.56 Å². The number of aromatic nitrogens is 4. The van der Waals surface area contributed by atoms with Crippen LogP contribution >= 0.6 is 15.9 Å². The van der Waals surface area contributed by atoms with Gasteiger partial charge in [-0.1, -0.05) is 35.2 Å². The van der Waals surface area contributed by atoms with Crippen LogP contribution in [0.1, 0.15) is 50.8 Å². The zero-order valence-corrected chi connectivity index (χ0v) is 17.2. The van der Waals surface area contributed by atoms with Gasteiger partial charge in [-0.25, -0.2) is 4.98 Å². The van der Waals surface area contributed by atoms with E-state index in [1.54, 1.807) is 0 Å². The summed E-state index contributed by atoms with van der Waals surface area (Å²) >= 11 is 3.47. The van der Waals surface area contributed by atoms with Crippen molar-refractivity contribution in [3.8, 4) is 17.1 Å². The van der Waals surface area contributed by atoms with Gasteiger partial charge in [-0.3, -0.25) is 9.48 Å². The molecule has 0 atom stereocenters. The van der Waals surface area contributed by atoms with E-state index in [9.17, 15) is 4.79 Å². The average molecular weight is 431 g/mol. The fraction of sp³-hybridized carbons (Fsp3) is 0.450. The molecule has 0 aliphatic heterocycles. The van der Waals surface area contributed by atoms with Gasteiger partial charge in [0.05, 0.1) is 23.9 Å². The topological polar surface area (TPSA) is 72.8 Å². The first-order chi connectivity index (χ1) is 13.1. The van der Waals surface area contributed by atoms with Crippen LogP contribution in [-0.4, -0.2) is 26.4 Å². The van der Waals surface area contributed by atoms with Crippen molar-refractivity contribution in [3.05, 3.63) is 38.7 Å². The summed E-state index contributed by atoms with van der Waals surface area (Å²) in [6.45, 7) is 4.39. The molecule has 0 bridgehead atoms. The van der Waals surface area contributed by atoms with Crippen molar-refractivity contribution < 1.29 is 4.74 Å². The SMILES string of the molecule is CCOc1cc(Br)ccc1-c1nc2c(C)nn(C3CCCCC3)c2c(=O)[nH]1. The Morgan fingerprint density at radius 1 is 1.30 bits per heavy atom. The van der Waals surface area contributed by atoms with E-state index in [4.69, 9.17) is 9.72 Å². The van der Waals surface area contributed by atoms with Crippen molar-refractivity contribution >= 4 is 27.0 Å². The zero-order chi connectivity index (χ0) is 19.0. The second-order valence-electron chi connectivity index (χ2n) is 7.01. The normalized spacial score (nSPS) is 15.4. The molecule has 1 fully saturated rings. The number of rotatable bonds is 4. The summed E-state index contributed by atoms with van der Waals surface area (Å²) in [6.07, 6.45) is 5.77. The van der Waals surface area contributed by atoms with Gasteiger partial charge in [-0.05, 0) is 44.9 Å². The van der Waals surface area contributed by atoms with E-state index in [0.29, 0.717) is 29.2 Å².